The molecule has 0 bridgehead atoms. The van der Waals surface area contributed by atoms with Gasteiger partial charge in [0.1, 0.15) is 6.04 Å². The number of carbonyl (C=O) groups is 1. The van der Waals surface area contributed by atoms with E-state index in [0.717, 1.165) is 0 Å². The second-order valence-corrected chi connectivity index (χ2v) is 2.43. The van der Waals surface area contributed by atoms with Gasteiger partial charge in [0.15, 0.2) is 0 Å². The number of rotatable bonds is 7. The first kappa shape index (κ1) is 12.3. The van der Waals surface area contributed by atoms with Gasteiger partial charge in [-0.1, -0.05) is 0 Å². The summed E-state index contributed by atoms with van der Waals surface area (Å²) < 4.78 is 9.50. The van der Waals surface area contributed by atoms with Crippen LogP contribution in [0.15, 0.2) is 0 Å². The quantitative estimate of drug-likeness (QED) is 0.405. The smallest absolute Gasteiger partial charge is 0.325 e. The lowest BCUT2D eigenvalue weighted by Gasteiger charge is -2.13. The van der Waals surface area contributed by atoms with Crippen LogP contribution < -0.4 is 5.32 Å². The summed E-state index contributed by atoms with van der Waals surface area (Å²) in [4.78, 5) is 11.1. The van der Waals surface area contributed by atoms with Crippen LogP contribution in [0.1, 0.15) is 6.92 Å². The molecule has 0 aromatic heterocycles. The molecule has 0 aliphatic heterocycles. The minimum Gasteiger partial charge on any atom is -0.465 e. The Bertz CT molecular complexity index is 140. The van der Waals surface area contributed by atoms with E-state index >= 15 is 0 Å². The Hall–Kier alpha value is -0.650. The molecule has 2 N–H and O–H groups in total. The van der Waals surface area contributed by atoms with Gasteiger partial charge in [-0.25, -0.2) is 0 Å². The highest BCUT2D eigenvalue weighted by atomic mass is 16.5. The molecule has 0 aromatic carbocycles. The van der Waals surface area contributed by atoms with Crippen molar-refractivity contribution in [3.8, 4) is 0 Å². The Morgan fingerprint density at radius 3 is 2.77 bits per heavy atom. The van der Waals surface area contributed by atoms with E-state index < -0.39 is 12.0 Å². The number of nitrogens with one attached hydrogen (secondary N) is 1. The second kappa shape index (κ2) is 7.97. The highest BCUT2D eigenvalue weighted by Gasteiger charge is 2.16. The standard InChI is InChI=1S/C8H17NO4/c1-3-13-8(11)7(6-10)9-4-5-12-2/h7,9-10H,3-6H2,1-2H3. The van der Waals surface area contributed by atoms with Gasteiger partial charge in [0, 0.05) is 13.7 Å². The predicted molar refractivity (Wildman–Crippen MR) is 47.4 cm³/mol. The molecule has 0 amide bonds. The molecule has 0 aliphatic carbocycles. The van der Waals surface area contributed by atoms with Gasteiger partial charge in [0.05, 0.1) is 19.8 Å². The van der Waals surface area contributed by atoms with E-state index in [0.29, 0.717) is 19.8 Å². The molecule has 0 saturated heterocycles. The zero-order valence-electron chi connectivity index (χ0n) is 8.08. The summed E-state index contributed by atoms with van der Waals surface area (Å²) in [5.74, 6) is -0.430. The summed E-state index contributed by atoms with van der Waals surface area (Å²) in [7, 11) is 1.57. The summed E-state index contributed by atoms with van der Waals surface area (Å²) in [5.41, 5.74) is 0. The van der Waals surface area contributed by atoms with E-state index in [4.69, 9.17) is 14.6 Å². The fourth-order valence-electron chi connectivity index (χ4n) is 0.800. The Labute approximate surface area is 78.0 Å². The van der Waals surface area contributed by atoms with E-state index in [9.17, 15) is 4.79 Å². The van der Waals surface area contributed by atoms with Crippen molar-refractivity contribution in [1.29, 1.82) is 0 Å². The van der Waals surface area contributed by atoms with Gasteiger partial charge in [0.2, 0.25) is 0 Å². The second-order valence-electron chi connectivity index (χ2n) is 2.43. The third kappa shape index (κ3) is 5.57. The van der Waals surface area contributed by atoms with Crippen molar-refractivity contribution in [1.82, 2.24) is 5.32 Å². The lowest BCUT2D eigenvalue weighted by molar-refractivity contribution is -0.146. The lowest BCUT2D eigenvalue weighted by atomic mass is 10.3. The normalized spacial score (nSPS) is 12.5. The lowest BCUT2D eigenvalue weighted by Crippen LogP contribution is -2.42. The third-order valence-electron chi connectivity index (χ3n) is 1.45. The molecule has 78 valence electrons. The molecule has 1 atom stereocenters. The molecular formula is C8H17NO4. The molecule has 0 aliphatic rings. The van der Waals surface area contributed by atoms with Crippen LogP contribution in [0.3, 0.4) is 0 Å². The molecule has 0 radical (unpaired) electrons. The Balaban J connectivity index is 3.67. The van der Waals surface area contributed by atoms with Crippen LogP contribution in [0.4, 0.5) is 0 Å². The number of hydrogen-bond donors (Lipinski definition) is 2. The van der Waals surface area contributed by atoms with Gasteiger partial charge in [-0.15, -0.1) is 0 Å². The Morgan fingerprint density at radius 1 is 1.62 bits per heavy atom. The minimum atomic E-state index is -0.643. The van der Waals surface area contributed by atoms with Crippen LogP contribution in [0.5, 0.6) is 0 Å². The number of esters is 1. The zero-order chi connectivity index (χ0) is 10.1. The molecule has 0 aromatic rings. The van der Waals surface area contributed by atoms with Crippen molar-refractivity contribution >= 4 is 5.97 Å². The molecule has 5 nitrogen and oxygen atoms in total. The molecule has 5 heteroatoms. The number of ether oxygens (including phenoxy) is 2. The summed E-state index contributed by atoms with van der Waals surface area (Å²) in [6.45, 7) is 2.79. The molecule has 1 unspecified atom stereocenters. The van der Waals surface area contributed by atoms with E-state index in [-0.39, 0.29) is 6.61 Å². The average Bonchev–Trinajstić information content (AvgIpc) is 2.13. The summed E-state index contributed by atoms with van der Waals surface area (Å²) in [6.07, 6.45) is 0. The maximum Gasteiger partial charge on any atom is 0.325 e. The maximum absolute atomic E-state index is 11.1. The Morgan fingerprint density at radius 2 is 2.31 bits per heavy atom. The fourth-order valence-corrected chi connectivity index (χ4v) is 0.800. The monoisotopic (exact) mass is 191 g/mol. The van der Waals surface area contributed by atoms with Crippen LogP contribution in [-0.4, -0.2) is 50.6 Å². The molecule has 0 rings (SSSR count). The van der Waals surface area contributed by atoms with E-state index in [1.165, 1.54) is 0 Å². The number of aliphatic hydroxyl groups excluding tert-OH is 1. The number of hydrogen-bond acceptors (Lipinski definition) is 5. The summed E-state index contributed by atoms with van der Waals surface area (Å²) in [6, 6.07) is -0.643. The fraction of sp³-hybridized carbons (Fsp3) is 0.875. The number of methoxy groups -OCH3 is 1. The predicted octanol–water partition coefficient (Wildman–Crippen LogP) is -0.854. The van der Waals surface area contributed by atoms with Crippen LogP contribution in [-0.2, 0) is 14.3 Å². The topological polar surface area (TPSA) is 67.8 Å². The van der Waals surface area contributed by atoms with Crippen LogP contribution in [0.2, 0.25) is 0 Å². The van der Waals surface area contributed by atoms with Crippen LogP contribution >= 0.6 is 0 Å². The zero-order valence-corrected chi connectivity index (χ0v) is 8.08. The molecule has 0 spiro atoms. The van der Waals surface area contributed by atoms with Gasteiger partial charge in [0.25, 0.3) is 0 Å². The average molecular weight is 191 g/mol. The molecular weight excluding hydrogens is 174 g/mol. The minimum absolute atomic E-state index is 0.261. The van der Waals surface area contributed by atoms with Crippen LogP contribution in [0.25, 0.3) is 0 Å². The van der Waals surface area contributed by atoms with Gasteiger partial charge in [-0.2, -0.15) is 0 Å². The largest absolute Gasteiger partial charge is 0.465 e. The van der Waals surface area contributed by atoms with Crippen molar-refractivity contribution in [3.63, 3.8) is 0 Å². The van der Waals surface area contributed by atoms with Crippen molar-refractivity contribution in [2.24, 2.45) is 0 Å². The van der Waals surface area contributed by atoms with E-state index in [1.807, 2.05) is 0 Å². The van der Waals surface area contributed by atoms with Gasteiger partial charge in [-0.3, -0.25) is 4.79 Å². The summed E-state index contributed by atoms with van der Waals surface area (Å²) in [5, 5.41) is 11.6. The SMILES string of the molecule is CCOC(=O)C(CO)NCCOC. The van der Waals surface area contributed by atoms with E-state index in [2.05, 4.69) is 5.32 Å². The first-order valence-corrected chi connectivity index (χ1v) is 4.26. The van der Waals surface area contributed by atoms with E-state index in [1.54, 1.807) is 14.0 Å². The maximum atomic E-state index is 11.1. The van der Waals surface area contributed by atoms with Crippen LogP contribution in [0, 0.1) is 0 Å². The molecule has 0 fully saturated rings. The highest BCUT2D eigenvalue weighted by molar-refractivity contribution is 5.75. The van der Waals surface area contributed by atoms with Crippen molar-refractivity contribution in [2.75, 3.05) is 33.5 Å². The van der Waals surface area contributed by atoms with Gasteiger partial charge >= 0.3 is 5.97 Å². The number of carbonyl (C=O) groups excluding carboxylic acids is 1. The van der Waals surface area contributed by atoms with Gasteiger partial charge in [-0.05, 0) is 6.92 Å². The highest BCUT2D eigenvalue weighted by Crippen LogP contribution is 1.87. The van der Waals surface area contributed by atoms with Crippen molar-refractivity contribution in [3.05, 3.63) is 0 Å². The first-order valence-electron chi connectivity index (χ1n) is 4.26. The molecule has 0 saturated carbocycles. The molecule has 0 heterocycles. The summed E-state index contributed by atoms with van der Waals surface area (Å²) >= 11 is 0. The Kier molecular flexibility index (Phi) is 7.57. The van der Waals surface area contributed by atoms with Crippen molar-refractivity contribution in [2.45, 2.75) is 13.0 Å². The van der Waals surface area contributed by atoms with Gasteiger partial charge < -0.3 is 19.9 Å². The third-order valence-corrected chi connectivity index (χ3v) is 1.45. The number of aliphatic hydroxyl groups is 1. The molecule has 13 heavy (non-hydrogen) atoms. The van der Waals surface area contributed by atoms with Crippen molar-refractivity contribution < 1.29 is 19.4 Å². The first-order chi connectivity index (χ1) is 6.26.